The van der Waals surface area contributed by atoms with Crippen LogP contribution >= 0.6 is 7.26 Å². The van der Waals surface area contributed by atoms with E-state index in [1.54, 1.807) is 0 Å². The molecule has 3 aromatic heterocycles. The molecule has 0 atom stereocenters. The summed E-state index contributed by atoms with van der Waals surface area (Å²) in [5, 5.41) is 11.0. The molecule has 0 saturated carbocycles. The van der Waals surface area contributed by atoms with Crippen molar-refractivity contribution in [1.82, 2.24) is 13.7 Å². The number of fused-ring (bicyclic) bond motifs is 9. The zero-order valence-electron chi connectivity index (χ0n) is 37.7. The molecule has 3 aliphatic heterocycles. The van der Waals surface area contributed by atoms with Gasteiger partial charge in [0.15, 0.2) is 0 Å². The van der Waals surface area contributed by atoms with Crippen LogP contribution in [0.2, 0.25) is 0 Å². The van der Waals surface area contributed by atoms with E-state index in [-0.39, 0.29) is 0 Å². The van der Waals surface area contributed by atoms with Crippen LogP contribution in [0.25, 0.3) is 82.5 Å². The summed E-state index contributed by atoms with van der Waals surface area (Å²) in [4.78, 5) is 2.50. The van der Waals surface area contributed by atoms with E-state index in [1.807, 2.05) is 0 Å². The summed E-state index contributed by atoms with van der Waals surface area (Å²) >= 11 is 0. The molecule has 0 amide bonds. The Kier molecular flexibility index (Phi) is 7.24. The van der Waals surface area contributed by atoms with Gasteiger partial charge in [-0.2, -0.15) is 0 Å². The number of aryl methyl sites for hydroxylation is 1. The monoisotopic (exact) mass is 904 g/mol. The number of hydrogen-bond acceptors (Lipinski definition) is 3. The maximum absolute atomic E-state index is 7.52. The number of hydrogen-bond donors (Lipinski definition) is 0. The fraction of sp³-hybridized carbons (Fsp3) is 0.0323. The molecule has 6 heterocycles. The molecule has 326 valence electrons. The van der Waals surface area contributed by atoms with E-state index in [9.17, 15) is 0 Å². The Morgan fingerprint density at radius 2 is 0.609 bits per heavy atom. The summed E-state index contributed by atoms with van der Waals surface area (Å²) < 4.78 is 22.3. The SMILES string of the molecule is Cc1ccc(N2c3cc(-n4c5ccccc5c5ccccc54)cc4c3[PH]3(C)c5c(cc(-n6c7ccccc7c7ccccc76)cc5Oc5cc(-n6c7ccccc7c7ccccc76)cc2c53)O4)cc1. The number of aromatic nitrogens is 3. The van der Waals surface area contributed by atoms with Crippen LogP contribution in [0.4, 0.5) is 17.1 Å². The minimum atomic E-state index is -2.96. The first-order valence-electron chi connectivity index (χ1n) is 23.7. The number of rotatable bonds is 4. The molecule has 7 heteroatoms. The average molecular weight is 905 g/mol. The summed E-state index contributed by atoms with van der Waals surface area (Å²) in [6, 6.07) is 75.5. The van der Waals surface area contributed by atoms with Gasteiger partial charge in [-0.25, -0.2) is 0 Å². The van der Waals surface area contributed by atoms with Crippen LogP contribution in [0.3, 0.4) is 0 Å². The Morgan fingerprint density at radius 1 is 0.319 bits per heavy atom. The summed E-state index contributed by atoms with van der Waals surface area (Å²) in [6.07, 6.45) is 0. The number of anilines is 3. The number of ether oxygens (including phenoxy) is 2. The van der Waals surface area contributed by atoms with E-state index in [0.717, 1.165) is 90.2 Å². The van der Waals surface area contributed by atoms with Crippen LogP contribution in [0, 0.1) is 6.92 Å². The van der Waals surface area contributed by atoms with Crippen molar-refractivity contribution in [3.63, 3.8) is 0 Å². The van der Waals surface area contributed by atoms with Crippen LogP contribution in [-0.4, -0.2) is 20.4 Å². The predicted molar refractivity (Wildman–Crippen MR) is 289 cm³/mol. The second-order valence-electron chi connectivity index (χ2n) is 19.1. The van der Waals surface area contributed by atoms with Crippen LogP contribution in [0.1, 0.15) is 5.56 Å². The van der Waals surface area contributed by atoms with Crippen LogP contribution in [0.15, 0.2) is 206 Å². The van der Waals surface area contributed by atoms with E-state index in [2.05, 4.69) is 238 Å². The molecule has 3 aliphatic rings. The van der Waals surface area contributed by atoms with Crippen LogP contribution in [-0.2, 0) is 0 Å². The summed E-state index contributed by atoms with van der Waals surface area (Å²) in [7, 11) is -2.96. The fourth-order valence-corrected chi connectivity index (χ4v) is 17.2. The van der Waals surface area contributed by atoms with Gasteiger partial charge in [0.05, 0.1) is 0 Å². The third-order valence-electron chi connectivity index (χ3n) is 15.4. The number of para-hydroxylation sites is 6. The Morgan fingerprint density at radius 3 is 0.942 bits per heavy atom. The molecule has 0 saturated heterocycles. The van der Waals surface area contributed by atoms with E-state index in [4.69, 9.17) is 9.47 Å². The van der Waals surface area contributed by atoms with Crippen molar-refractivity contribution in [1.29, 1.82) is 0 Å². The molecular formula is C62H41N4O2P. The van der Waals surface area contributed by atoms with Gasteiger partial charge in [-0.05, 0) is 0 Å². The Labute approximate surface area is 397 Å². The first-order chi connectivity index (χ1) is 34.0. The molecule has 13 aromatic rings. The van der Waals surface area contributed by atoms with Gasteiger partial charge < -0.3 is 0 Å². The molecule has 10 aromatic carbocycles. The zero-order chi connectivity index (χ0) is 45.3. The first kappa shape index (κ1) is 37.5. The van der Waals surface area contributed by atoms with E-state index in [0.29, 0.717) is 0 Å². The standard InChI is InChI=1S/C62H41N4O2P/c1-37-27-29-38(30-28-37)63-54-31-39(64-48-21-9-3-15-42(48)43-16-4-10-22-49(43)64)33-56-60(54)69(2)61-55(63)32-40(65-50-23-11-5-17-44(50)45-18-6-12-24-51(45)65)34-57(61)68-59-36-41(35-58(67-56)62(59)69)66-52-25-13-7-19-46(52)47-20-8-14-26-53(47)66/h3-36,69H,1-2H3. The topological polar surface area (TPSA) is 36.5 Å². The van der Waals surface area contributed by atoms with Crippen molar-refractivity contribution >= 4 is 106 Å². The summed E-state index contributed by atoms with van der Waals surface area (Å²) in [5.74, 6) is 3.48. The molecule has 0 aliphatic carbocycles. The molecular weight excluding hydrogens is 864 g/mol. The minimum absolute atomic E-state index is 0.850. The van der Waals surface area contributed by atoms with Gasteiger partial charge in [-0.3, -0.25) is 0 Å². The Bertz CT molecular complexity index is 4070. The van der Waals surface area contributed by atoms with Crippen molar-refractivity contribution in [2.75, 3.05) is 11.6 Å². The Balaban J connectivity index is 1.05. The zero-order valence-corrected chi connectivity index (χ0v) is 38.7. The number of nitrogens with zero attached hydrogens (tertiary/aromatic N) is 4. The van der Waals surface area contributed by atoms with Crippen LogP contribution in [0.5, 0.6) is 23.0 Å². The van der Waals surface area contributed by atoms with Crippen molar-refractivity contribution in [2.24, 2.45) is 0 Å². The number of benzene rings is 10. The third kappa shape index (κ3) is 4.83. The van der Waals surface area contributed by atoms with E-state index >= 15 is 0 Å². The predicted octanol–water partition coefficient (Wildman–Crippen LogP) is 14.9. The molecule has 0 spiro atoms. The molecule has 6 nitrogen and oxygen atoms in total. The van der Waals surface area contributed by atoms with Gasteiger partial charge in [-0.1, -0.05) is 0 Å². The van der Waals surface area contributed by atoms with Gasteiger partial charge in [-0.15, -0.1) is 0 Å². The molecule has 0 fully saturated rings. The first-order valence-corrected chi connectivity index (χ1v) is 26.2. The fourth-order valence-electron chi connectivity index (χ4n) is 12.6. The summed E-state index contributed by atoms with van der Waals surface area (Å²) in [6.45, 7) is 4.70. The average Bonchev–Trinajstić information content (AvgIpc) is 4.02. The van der Waals surface area contributed by atoms with Gasteiger partial charge in [0.25, 0.3) is 0 Å². The molecule has 0 bridgehead atoms. The van der Waals surface area contributed by atoms with E-state index < -0.39 is 7.26 Å². The third-order valence-corrected chi connectivity index (χ3v) is 19.9. The van der Waals surface area contributed by atoms with Gasteiger partial charge in [0, 0.05) is 0 Å². The van der Waals surface area contributed by atoms with Gasteiger partial charge >= 0.3 is 399 Å². The molecule has 0 unspecified atom stereocenters. The van der Waals surface area contributed by atoms with Crippen LogP contribution < -0.4 is 30.3 Å². The second kappa shape index (κ2) is 13.3. The Hall–Kier alpha value is -8.57. The maximum atomic E-state index is 7.52. The van der Waals surface area contributed by atoms with Gasteiger partial charge in [0.2, 0.25) is 0 Å². The van der Waals surface area contributed by atoms with Crippen molar-refractivity contribution < 1.29 is 9.47 Å². The van der Waals surface area contributed by atoms with Crippen molar-refractivity contribution in [3.05, 3.63) is 212 Å². The molecule has 0 N–H and O–H groups in total. The normalized spacial score (nSPS) is 14.4. The quantitative estimate of drug-likeness (QED) is 0.165. The molecule has 0 radical (unpaired) electrons. The van der Waals surface area contributed by atoms with Crippen molar-refractivity contribution in [3.8, 4) is 40.1 Å². The van der Waals surface area contributed by atoms with Gasteiger partial charge in [0.1, 0.15) is 0 Å². The molecule has 69 heavy (non-hydrogen) atoms. The van der Waals surface area contributed by atoms with Crippen molar-refractivity contribution in [2.45, 2.75) is 6.92 Å². The molecule has 16 rings (SSSR count). The second-order valence-corrected chi connectivity index (χ2v) is 22.9. The summed E-state index contributed by atoms with van der Waals surface area (Å²) in [5.41, 5.74) is 14.5. The van der Waals surface area contributed by atoms with E-state index in [1.165, 1.54) is 53.8 Å².